The van der Waals surface area contributed by atoms with Crippen LogP contribution in [-0.2, 0) is 10.0 Å². The fourth-order valence-electron chi connectivity index (χ4n) is 2.12. The number of nitrogens with one attached hydrogen (secondary N) is 1. The minimum Gasteiger partial charge on any atom is -0.317 e. The predicted octanol–water partition coefficient (Wildman–Crippen LogP) is 0.551. The second-order valence-electron chi connectivity index (χ2n) is 4.47. The summed E-state index contributed by atoms with van der Waals surface area (Å²) >= 11 is 0. The van der Waals surface area contributed by atoms with E-state index in [-0.39, 0.29) is 0 Å². The third kappa shape index (κ3) is 4.62. The monoisotopic (exact) mass is 259 g/mol. The predicted molar refractivity (Wildman–Crippen MR) is 66.9 cm³/mol. The van der Waals surface area contributed by atoms with E-state index in [9.17, 15) is 8.42 Å². The van der Waals surface area contributed by atoms with Crippen molar-refractivity contribution in [3.8, 4) is 6.07 Å². The van der Waals surface area contributed by atoms with E-state index < -0.39 is 15.8 Å². The van der Waals surface area contributed by atoms with Gasteiger partial charge < -0.3 is 5.32 Å². The van der Waals surface area contributed by atoms with Crippen LogP contribution in [0.2, 0.25) is 0 Å². The van der Waals surface area contributed by atoms with Gasteiger partial charge in [0.2, 0.25) is 10.0 Å². The average molecular weight is 259 g/mol. The molecular weight excluding hydrogens is 238 g/mol. The highest BCUT2D eigenvalue weighted by Crippen LogP contribution is 2.16. The summed E-state index contributed by atoms with van der Waals surface area (Å²) < 4.78 is 25.3. The van der Waals surface area contributed by atoms with Crippen LogP contribution in [0.4, 0.5) is 0 Å². The van der Waals surface area contributed by atoms with Crippen LogP contribution in [-0.4, -0.2) is 44.7 Å². The molecule has 0 aliphatic carbocycles. The standard InChI is InChI=1S/C11H21N3O2S/c1-2-8-14(17(15,16)9-5-12)10-11-3-6-13-7-4-11/h11,13H,2-4,6-10H2,1H3. The number of hydrogen-bond donors (Lipinski definition) is 1. The van der Waals surface area contributed by atoms with E-state index >= 15 is 0 Å². The molecule has 1 aliphatic heterocycles. The first-order chi connectivity index (χ1) is 8.10. The van der Waals surface area contributed by atoms with Crippen molar-refractivity contribution in [2.75, 3.05) is 31.9 Å². The summed E-state index contributed by atoms with van der Waals surface area (Å²) in [5, 5.41) is 11.8. The van der Waals surface area contributed by atoms with Crippen LogP contribution in [0.3, 0.4) is 0 Å². The molecule has 5 nitrogen and oxygen atoms in total. The molecule has 0 aromatic carbocycles. The summed E-state index contributed by atoms with van der Waals surface area (Å²) in [5.41, 5.74) is 0. The van der Waals surface area contributed by atoms with E-state index in [1.165, 1.54) is 4.31 Å². The van der Waals surface area contributed by atoms with E-state index in [1.54, 1.807) is 6.07 Å². The maximum Gasteiger partial charge on any atom is 0.227 e. The van der Waals surface area contributed by atoms with Crippen LogP contribution >= 0.6 is 0 Å². The molecule has 1 saturated heterocycles. The first kappa shape index (κ1) is 14.4. The van der Waals surface area contributed by atoms with Crippen molar-refractivity contribution in [3.05, 3.63) is 0 Å². The minimum absolute atomic E-state index is 0.405. The lowest BCUT2D eigenvalue weighted by Crippen LogP contribution is -2.40. The van der Waals surface area contributed by atoms with E-state index in [0.29, 0.717) is 19.0 Å². The van der Waals surface area contributed by atoms with Crippen LogP contribution in [0.5, 0.6) is 0 Å². The van der Waals surface area contributed by atoms with Gasteiger partial charge in [-0.05, 0) is 38.3 Å². The normalized spacial score (nSPS) is 18.2. The molecule has 0 amide bonds. The van der Waals surface area contributed by atoms with Crippen LogP contribution in [0.15, 0.2) is 0 Å². The highest BCUT2D eigenvalue weighted by atomic mass is 32.2. The number of piperidine rings is 1. The van der Waals surface area contributed by atoms with Crippen molar-refractivity contribution in [2.45, 2.75) is 26.2 Å². The third-order valence-electron chi connectivity index (χ3n) is 3.03. The summed E-state index contributed by atoms with van der Waals surface area (Å²) in [6.07, 6.45) is 2.82. The summed E-state index contributed by atoms with van der Waals surface area (Å²) in [6, 6.07) is 1.74. The molecule has 17 heavy (non-hydrogen) atoms. The molecule has 1 fully saturated rings. The number of sulfonamides is 1. The number of nitriles is 1. The first-order valence-corrected chi connectivity index (χ1v) is 7.76. The van der Waals surface area contributed by atoms with Gasteiger partial charge in [-0.1, -0.05) is 6.92 Å². The highest BCUT2D eigenvalue weighted by Gasteiger charge is 2.25. The Bertz CT molecular complexity index is 355. The Balaban J connectivity index is 2.62. The van der Waals surface area contributed by atoms with Gasteiger partial charge in [0, 0.05) is 13.1 Å². The van der Waals surface area contributed by atoms with Gasteiger partial charge in [0.1, 0.15) is 0 Å². The zero-order valence-electron chi connectivity index (χ0n) is 10.4. The number of hydrogen-bond acceptors (Lipinski definition) is 4. The quantitative estimate of drug-likeness (QED) is 0.756. The van der Waals surface area contributed by atoms with Gasteiger partial charge in [0.05, 0.1) is 6.07 Å². The minimum atomic E-state index is -3.38. The molecule has 0 spiro atoms. The Labute approximate surface area is 104 Å². The molecule has 0 aromatic heterocycles. The van der Waals surface area contributed by atoms with Crippen molar-refractivity contribution < 1.29 is 8.42 Å². The lowest BCUT2D eigenvalue weighted by molar-refractivity contribution is 0.288. The topological polar surface area (TPSA) is 73.2 Å². The summed E-state index contributed by atoms with van der Waals surface area (Å²) in [5.74, 6) is 0.0223. The Morgan fingerprint density at radius 3 is 2.59 bits per heavy atom. The fourth-order valence-corrected chi connectivity index (χ4v) is 3.36. The molecule has 1 aliphatic rings. The molecule has 1 rings (SSSR count). The number of rotatable bonds is 6. The second kappa shape index (κ2) is 6.94. The largest absolute Gasteiger partial charge is 0.317 e. The van der Waals surface area contributed by atoms with Crippen LogP contribution < -0.4 is 5.32 Å². The van der Waals surface area contributed by atoms with Gasteiger partial charge in [-0.2, -0.15) is 5.26 Å². The molecule has 98 valence electrons. The highest BCUT2D eigenvalue weighted by molar-refractivity contribution is 7.89. The van der Waals surface area contributed by atoms with Crippen molar-refractivity contribution in [3.63, 3.8) is 0 Å². The van der Waals surface area contributed by atoms with Crippen LogP contribution in [0.25, 0.3) is 0 Å². The molecule has 6 heteroatoms. The summed E-state index contributed by atoms with van der Waals surface area (Å²) in [7, 11) is -3.38. The van der Waals surface area contributed by atoms with Crippen molar-refractivity contribution in [1.29, 1.82) is 5.26 Å². The lowest BCUT2D eigenvalue weighted by Gasteiger charge is -2.28. The van der Waals surface area contributed by atoms with Crippen LogP contribution in [0, 0.1) is 17.2 Å². The smallest absolute Gasteiger partial charge is 0.227 e. The molecule has 0 atom stereocenters. The zero-order valence-corrected chi connectivity index (χ0v) is 11.2. The van der Waals surface area contributed by atoms with Gasteiger partial charge in [-0.3, -0.25) is 0 Å². The Hall–Kier alpha value is -0.640. The number of nitrogens with zero attached hydrogens (tertiary/aromatic N) is 2. The van der Waals surface area contributed by atoms with Gasteiger partial charge in [-0.15, -0.1) is 0 Å². The summed E-state index contributed by atoms with van der Waals surface area (Å²) in [4.78, 5) is 0. The van der Waals surface area contributed by atoms with Crippen molar-refractivity contribution in [2.24, 2.45) is 5.92 Å². The van der Waals surface area contributed by atoms with Gasteiger partial charge in [0.25, 0.3) is 0 Å². The zero-order chi connectivity index (χ0) is 12.7. The van der Waals surface area contributed by atoms with E-state index in [1.807, 2.05) is 6.92 Å². The van der Waals surface area contributed by atoms with E-state index in [2.05, 4.69) is 5.32 Å². The summed E-state index contributed by atoms with van der Waals surface area (Å²) in [6.45, 7) is 4.97. The van der Waals surface area contributed by atoms with Crippen molar-refractivity contribution >= 4 is 10.0 Å². The molecule has 0 bridgehead atoms. The average Bonchev–Trinajstić information content (AvgIpc) is 2.30. The maximum atomic E-state index is 11.9. The van der Waals surface area contributed by atoms with Gasteiger partial charge in [0.15, 0.2) is 5.75 Å². The third-order valence-corrected chi connectivity index (χ3v) is 4.65. The maximum absolute atomic E-state index is 11.9. The SMILES string of the molecule is CCCN(CC1CCNCC1)S(=O)(=O)CC#N. The Morgan fingerprint density at radius 2 is 2.06 bits per heavy atom. The second-order valence-corrected chi connectivity index (χ2v) is 6.43. The van der Waals surface area contributed by atoms with Crippen LogP contribution in [0.1, 0.15) is 26.2 Å². The first-order valence-electron chi connectivity index (χ1n) is 6.15. The lowest BCUT2D eigenvalue weighted by atomic mass is 9.98. The molecule has 0 aromatic rings. The van der Waals surface area contributed by atoms with Gasteiger partial charge in [-0.25, -0.2) is 12.7 Å². The fraction of sp³-hybridized carbons (Fsp3) is 0.909. The molecule has 0 radical (unpaired) electrons. The van der Waals surface area contributed by atoms with E-state index in [4.69, 9.17) is 5.26 Å². The molecular formula is C11H21N3O2S. The molecule has 0 saturated carbocycles. The molecule has 1 heterocycles. The van der Waals surface area contributed by atoms with Gasteiger partial charge >= 0.3 is 0 Å². The van der Waals surface area contributed by atoms with Crippen molar-refractivity contribution in [1.82, 2.24) is 9.62 Å². The Morgan fingerprint density at radius 1 is 1.41 bits per heavy atom. The molecule has 1 N–H and O–H groups in total. The molecule has 0 unspecified atom stereocenters. The Kier molecular flexibility index (Phi) is 5.89. The van der Waals surface area contributed by atoms with E-state index in [0.717, 1.165) is 32.4 Å².